The molecule has 176 valence electrons. The van der Waals surface area contributed by atoms with Crippen molar-refractivity contribution in [2.45, 2.75) is 64.3 Å². The van der Waals surface area contributed by atoms with Crippen molar-refractivity contribution in [3.05, 3.63) is 6.33 Å². The van der Waals surface area contributed by atoms with Crippen molar-refractivity contribution in [1.29, 1.82) is 0 Å². The van der Waals surface area contributed by atoms with E-state index >= 15 is 4.39 Å². The molecule has 12 heteroatoms. The van der Waals surface area contributed by atoms with Crippen molar-refractivity contribution < 1.29 is 23.1 Å². The Bertz CT molecular complexity index is 954. The van der Waals surface area contributed by atoms with E-state index in [1.165, 1.54) is 24.9 Å². The standard InChI is InChI=1S/C20H31FN6O4Si/c1-10(2)17(28)26-19-24-15(22-6)13-16(25-19)27(9-23-13)18-20(5,21)14(31-32-11(3)4)12(30-18)8-29-7/h9-12,14,18H,8H2,1-7H3,(H2,22,24,25,26,28)/t12-,14-,18-,20-/m1/s1. The van der Waals surface area contributed by atoms with Crippen molar-refractivity contribution in [3.8, 4) is 0 Å². The van der Waals surface area contributed by atoms with E-state index in [-0.39, 0.29) is 39.7 Å². The predicted molar refractivity (Wildman–Crippen MR) is 119 cm³/mol. The molecule has 0 bridgehead atoms. The number of carbonyl (C=O) groups is 1. The minimum Gasteiger partial charge on any atom is -0.408 e. The molecule has 32 heavy (non-hydrogen) atoms. The lowest BCUT2D eigenvalue weighted by Gasteiger charge is -2.28. The average molecular weight is 467 g/mol. The molecule has 2 radical (unpaired) electrons. The minimum absolute atomic E-state index is 0.100. The Kier molecular flexibility index (Phi) is 7.48. The molecule has 0 saturated carbocycles. The Labute approximate surface area is 189 Å². The molecule has 3 rings (SSSR count). The van der Waals surface area contributed by atoms with Gasteiger partial charge in [-0.05, 0) is 12.5 Å². The maximum atomic E-state index is 16.2. The number of carbonyl (C=O) groups excluding carboxylic acids is 1. The number of fused-ring (bicyclic) bond motifs is 1. The highest BCUT2D eigenvalue weighted by Crippen LogP contribution is 2.44. The van der Waals surface area contributed by atoms with Crippen LogP contribution in [0.3, 0.4) is 0 Å². The number of ether oxygens (including phenoxy) is 2. The number of hydrogen-bond donors (Lipinski definition) is 2. The number of halogens is 1. The van der Waals surface area contributed by atoms with Gasteiger partial charge in [0.05, 0.1) is 12.9 Å². The normalized spacial score (nSPS) is 25.8. The Hall–Kier alpha value is -2.15. The van der Waals surface area contributed by atoms with Crippen molar-refractivity contribution in [2.75, 3.05) is 31.4 Å². The van der Waals surface area contributed by atoms with E-state index in [0.717, 1.165) is 0 Å². The number of nitrogens with zero attached hydrogens (tertiary/aromatic N) is 4. The Morgan fingerprint density at radius 2 is 2.09 bits per heavy atom. The second-order valence-corrected chi connectivity index (χ2v) is 10.2. The summed E-state index contributed by atoms with van der Waals surface area (Å²) in [6.45, 7) is 9.20. The summed E-state index contributed by atoms with van der Waals surface area (Å²) in [6.07, 6.45) is -1.01. The van der Waals surface area contributed by atoms with E-state index in [1.807, 2.05) is 13.8 Å². The molecule has 1 amide bonds. The molecule has 1 fully saturated rings. The van der Waals surface area contributed by atoms with Gasteiger partial charge in [0.25, 0.3) is 0 Å². The number of amides is 1. The number of rotatable bonds is 9. The van der Waals surface area contributed by atoms with Gasteiger partial charge in [0.2, 0.25) is 21.6 Å². The highest BCUT2D eigenvalue weighted by molar-refractivity contribution is 6.29. The van der Waals surface area contributed by atoms with Crippen LogP contribution in [0.25, 0.3) is 11.2 Å². The van der Waals surface area contributed by atoms with Crippen molar-refractivity contribution >= 4 is 38.6 Å². The van der Waals surface area contributed by atoms with Gasteiger partial charge in [0, 0.05) is 20.1 Å². The summed E-state index contributed by atoms with van der Waals surface area (Å²) in [5.41, 5.74) is -0.850. The van der Waals surface area contributed by atoms with Gasteiger partial charge in [-0.2, -0.15) is 9.97 Å². The van der Waals surface area contributed by atoms with Gasteiger partial charge >= 0.3 is 0 Å². The first-order chi connectivity index (χ1) is 15.1. The highest BCUT2D eigenvalue weighted by Gasteiger charge is 2.56. The second kappa shape index (κ2) is 9.77. The van der Waals surface area contributed by atoms with E-state index in [4.69, 9.17) is 13.9 Å². The van der Waals surface area contributed by atoms with Gasteiger partial charge < -0.3 is 19.2 Å². The highest BCUT2D eigenvalue weighted by atomic mass is 28.2. The average Bonchev–Trinajstić information content (AvgIpc) is 3.23. The van der Waals surface area contributed by atoms with Crippen molar-refractivity contribution in [1.82, 2.24) is 19.5 Å². The summed E-state index contributed by atoms with van der Waals surface area (Å²) >= 11 is 0. The molecule has 1 aliphatic heterocycles. The van der Waals surface area contributed by atoms with Gasteiger partial charge in [-0.25, -0.2) is 9.37 Å². The molecule has 1 aliphatic rings. The summed E-state index contributed by atoms with van der Waals surface area (Å²) in [5, 5.41) is 5.64. The van der Waals surface area contributed by atoms with Crippen LogP contribution < -0.4 is 10.6 Å². The third-order valence-electron chi connectivity index (χ3n) is 5.11. The van der Waals surface area contributed by atoms with E-state index in [0.29, 0.717) is 17.0 Å². The molecule has 10 nitrogen and oxygen atoms in total. The zero-order valence-corrected chi connectivity index (χ0v) is 20.5. The van der Waals surface area contributed by atoms with E-state index < -0.39 is 24.1 Å². The molecule has 3 heterocycles. The van der Waals surface area contributed by atoms with Crippen LogP contribution in [0.4, 0.5) is 16.2 Å². The first-order valence-corrected chi connectivity index (χ1v) is 11.6. The number of nitrogens with one attached hydrogen (secondary N) is 2. The SMILES string of the molecule is CNc1nc(NC(=O)C(C)C)nc2c1ncn2[C@@H]1O[C@H](COC)[C@@H](O[Si]C(C)C)[C@@]1(C)F. The number of anilines is 2. The van der Waals surface area contributed by atoms with E-state index in [2.05, 4.69) is 25.6 Å². The molecule has 1 saturated heterocycles. The fourth-order valence-corrected chi connectivity index (χ4v) is 4.28. The predicted octanol–water partition coefficient (Wildman–Crippen LogP) is 2.57. The van der Waals surface area contributed by atoms with Crippen LogP contribution in [0.15, 0.2) is 6.33 Å². The van der Waals surface area contributed by atoms with E-state index in [1.54, 1.807) is 20.9 Å². The largest absolute Gasteiger partial charge is 0.408 e. The van der Waals surface area contributed by atoms with Crippen molar-refractivity contribution in [2.24, 2.45) is 5.92 Å². The maximum absolute atomic E-state index is 16.2. The van der Waals surface area contributed by atoms with Crippen LogP contribution in [0.2, 0.25) is 5.54 Å². The summed E-state index contributed by atoms with van der Waals surface area (Å²) < 4.78 is 35.0. The first kappa shape index (κ1) is 24.5. The number of methoxy groups -OCH3 is 1. The van der Waals surface area contributed by atoms with Crippen LogP contribution in [0.1, 0.15) is 40.8 Å². The molecular weight excluding hydrogens is 435 g/mol. The molecule has 0 aromatic carbocycles. The Morgan fingerprint density at radius 3 is 2.69 bits per heavy atom. The Morgan fingerprint density at radius 1 is 1.38 bits per heavy atom. The minimum atomic E-state index is -1.88. The third kappa shape index (κ3) is 4.77. The summed E-state index contributed by atoms with van der Waals surface area (Å²) in [4.78, 5) is 25.3. The van der Waals surface area contributed by atoms with Crippen LogP contribution in [-0.2, 0) is 18.7 Å². The van der Waals surface area contributed by atoms with E-state index in [9.17, 15) is 4.79 Å². The first-order valence-electron chi connectivity index (χ1n) is 10.6. The summed E-state index contributed by atoms with van der Waals surface area (Å²) in [6, 6.07) is 0. The van der Waals surface area contributed by atoms with Crippen LogP contribution in [0, 0.1) is 5.92 Å². The van der Waals surface area contributed by atoms with Gasteiger partial charge in [-0.1, -0.05) is 27.7 Å². The molecule has 0 spiro atoms. The van der Waals surface area contributed by atoms with Gasteiger partial charge in [-0.3, -0.25) is 14.7 Å². The lowest BCUT2D eigenvalue weighted by Crippen LogP contribution is -2.43. The van der Waals surface area contributed by atoms with Crippen molar-refractivity contribution in [3.63, 3.8) is 0 Å². The summed E-state index contributed by atoms with van der Waals surface area (Å²) in [5.74, 6) is 0.0320. The molecule has 4 atom stereocenters. The zero-order valence-electron chi connectivity index (χ0n) is 19.5. The van der Waals surface area contributed by atoms with Crippen LogP contribution in [-0.4, -0.2) is 73.8 Å². The molecule has 0 unspecified atom stereocenters. The lowest BCUT2D eigenvalue weighted by atomic mass is 9.98. The Balaban J connectivity index is 2.02. The fourth-order valence-electron chi connectivity index (χ4n) is 3.48. The van der Waals surface area contributed by atoms with Crippen LogP contribution >= 0.6 is 0 Å². The quantitative estimate of drug-likeness (QED) is 0.542. The van der Waals surface area contributed by atoms with Gasteiger partial charge in [-0.15, -0.1) is 0 Å². The number of imidazole rings is 1. The number of alkyl halides is 1. The van der Waals surface area contributed by atoms with Gasteiger partial charge in [0.15, 0.2) is 28.9 Å². The third-order valence-corrected chi connectivity index (χ3v) is 5.97. The molecule has 0 aliphatic carbocycles. The number of hydrogen-bond acceptors (Lipinski definition) is 8. The van der Waals surface area contributed by atoms with Gasteiger partial charge in [0.1, 0.15) is 12.2 Å². The molecule has 2 aromatic heterocycles. The number of aromatic nitrogens is 4. The monoisotopic (exact) mass is 466 g/mol. The molecule has 2 N–H and O–H groups in total. The fraction of sp³-hybridized carbons (Fsp3) is 0.700. The van der Waals surface area contributed by atoms with Crippen LogP contribution in [0.5, 0.6) is 0 Å². The molecular formula is C20H31FN6O4Si. The maximum Gasteiger partial charge on any atom is 0.233 e. The molecule has 2 aromatic rings. The zero-order chi connectivity index (χ0) is 23.6. The second-order valence-electron chi connectivity index (χ2n) is 8.56. The summed E-state index contributed by atoms with van der Waals surface area (Å²) in [7, 11) is 3.35. The smallest absolute Gasteiger partial charge is 0.233 e. The topological polar surface area (TPSA) is 112 Å². The lowest BCUT2D eigenvalue weighted by molar-refractivity contribution is -0.118.